The van der Waals surface area contributed by atoms with Crippen molar-refractivity contribution in [3.63, 3.8) is 0 Å². The minimum absolute atomic E-state index is 0.00742. The summed E-state index contributed by atoms with van der Waals surface area (Å²) in [4.78, 5) is 8.33. The van der Waals surface area contributed by atoms with Crippen molar-refractivity contribution in [2.75, 3.05) is 19.0 Å². The number of phenolic OH excluding ortho intramolecular Hbond substituents is 1. The maximum Gasteiger partial charge on any atom is 0.186 e. The molecule has 0 aliphatic carbocycles. The Morgan fingerprint density at radius 2 is 2.10 bits per heavy atom. The molecule has 0 spiro atoms. The fourth-order valence-electron chi connectivity index (χ4n) is 1.83. The Morgan fingerprint density at radius 3 is 2.71 bits per heavy atom. The number of nitrogens with zero attached hydrogens (tertiary/aromatic N) is 2. The van der Waals surface area contributed by atoms with Crippen LogP contribution in [0, 0.1) is 12.7 Å². The molecule has 2 N–H and O–H groups in total. The van der Waals surface area contributed by atoms with Crippen LogP contribution in [0.1, 0.15) is 12.6 Å². The Morgan fingerprint density at radius 1 is 1.38 bits per heavy atom. The van der Waals surface area contributed by atoms with Gasteiger partial charge in [0.05, 0.1) is 17.3 Å². The van der Waals surface area contributed by atoms with E-state index in [1.165, 1.54) is 7.11 Å². The molecule has 0 unspecified atom stereocenters. The third-order valence-electron chi connectivity index (χ3n) is 2.87. The molecule has 2 aromatic rings. The molecule has 0 aliphatic rings. The van der Waals surface area contributed by atoms with Gasteiger partial charge < -0.3 is 15.2 Å². The number of hydrogen-bond acceptors (Lipinski definition) is 5. The summed E-state index contributed by atoms with van der Waals surface area (Å²) in [7, 11) is 1.45. The lowest BCUT2D eigenvalue weighted by atomic mass is 10.2. The van der Waals surface area contributed by atoms with Crippen LogP contribution in [-0.4, -0.2) is 28.7 Å². The van der Waals surface area contributed by atoms with Gasteiger partial charge >= 0.3 is 0 Å². The van der Waals surface area contributed by atoms with Crippen molar-refractivity contribution in [3.05, 3.63) is 28.1 Å². The van der Waals surface area contributed by atoms with Crippen molar-refractivity contribution in [3.8, 4) is 22.9 Å². The quantitative estimate of drug-likeness (QED) is 0.878. The van der Waals surface area contributed by atoms with Gasteiger partial charge in [-0.3, -0.25) is 0 Å². The fraction of sp³-hybridized carbons (Fsp3) is 0.286. The zero-order chi connectivity index (χ0) is 15.6. The standard InChI is InChI=1S/C14H15BrFN3O2/c1-4-17-14-11(16)7(2)18-13(19-14)8-5-9(15)12(20)10(6-8)21-3/h5-6,20H,4H2,1-3H3,(H,17,18,19). The number of ether oxygens (including phenoxy) is 1. The molecule has 1 heterocycles. The smallest absolute Gasteiger partial charge is 0.186 e. The van der Waals surface area contributed by atoms with Crippen LogP contribution in [0.4, 0.5) is 10.2 Å². The van der Waals surface area contributed by atoms with Gasteiger partial charge in [-0.15, -0.1) is 0 Å². The van der Waals surface area contributed by atoms with Crippen LogP contribution in [0.2, 0.25) is 0 Å². The van der Waals surface area contributed by atoms with E-state index < -0.39 is 5.82 Å². The molecule has 0 aliphatic heterocycles. The Kier molecular flexibility index (Phi) is 4.62. The first-order valence-electron chi connectivity index (χ1n) is 6.32. The lowest BCUT2D eigenvalue weighted by Gasteiger charge is -2.11. The molecule has 21 heavy (non-hydrogen) atoms. The second kappa shape index (κ2) is 6.26. The van der Waals surface area contributed by atoms with E-state index in [-0.39, 0.29) is 23.0 Å². The molecule has 0 bridgehead atoms. The Balaban J connectivity index is 2.59. The maximum absolute atomic E-state index is 13.9. The van der Waals surface area contributed by atoms with Gasteiger partial charge in [-0.1, -0.05) is 0 Å². The summed E-state index contributed by atoms with van der Waals surface area (Å²) in [6, 6.07) is 3.25. The fourth-order valence-corrected chi connectivity index (χ4v) is 2.27. The van der Waals surface area contributed by atoms with E-state index in [1.807, 2.05) is 6.92 Å². The molecule has 0 atom stereocenters. The molecule has 5 nitrogen and oxygen atoms in total. The lowest BCUT2D eigenvalue weighted by Crippen LogP contribution is -2.07. The minimum atomic E-state index is -0.467. The normalized spacial score (nSPS) is 10.5. The molecule has 0 fully saturated rings. The van der Waals surface area contributed by atoms with Gasteiger partial charge in [0.1, 0.15) is 0 Å². The van der Waals surface area contributed by atoms with E-state index in [9.17, 15) is 9.50 Å². The number of nitrogens with one attached hydrogen (secondary N) is 1. The Hall–Kier alpha value is -1.89. The number of methoxy groups -OCH3 is 1. The summed E-state index contributed by atoms with van der Waals surface area (Å²) < 4.78 is 19.5. The molecule has 112 valence electrons. The van der Waals surface area contributed by atoms with E-state index in [4.69, 9.17) is 4.74 Å². The Labute approximate surface area is 130 Å². The van der Waals surface area contributed by atoms with Gasteiger partial charge in [0.15, 0.2) is 29.0 Å². The number of anilines is 1. The topological polar surface area (TPSA) is 67.3 Å². The lowest BCUT2D eigenvalue weighted by molar-refractivity contribution is 0.372. The molecule has 0 saturated carbocycles. The van der Waals surface area contributed by atoms with Crippen LogP contribution >= 0.6 is 15.9 Å². The van der Waals surface area contributed by atoms with Crippen molar-refractivity contribution < 1.29 is 14.2 Å². The van der Waals surface area contributed by atoms with E-state index in [2.05, 4.69) is 31.2 Å². The number of rotatable bonds is 4. The van der Waals surface area contributed by atoms with Crippen LogP contribution in [-0.2, 0) is 0 Å². The molecule has 2 rings (SSSR count). The van der Waals surface area contributed by atoms with Crippen LogP contribution < -0.4 is 10.1 Å². The summed E-state index contributed by atoms with van der Waals surface area (Å²) in [5.74, 6) is 0.319. The van der Waals surface area contributed by atoms with Gasteiger partial charge in [0, 0.05) is 12.1 Å². The van der Waals surface area contributed by atoms with Crippen LogP contribution in [0.3, 0.4) is 0 Å². The number of hydrogen-bond donors (Lipinski definition) is 2. The van der Waals surface area contributed by atoms with E-state index in [0.29, 0.717) is 22.4 Å². The van der Waals surface area contributed by atoms with E-state index in [0.717, 1.165) is 0 Å². The second-order valence-corrected chi connectivity index (χ2v) is 5.19. The first-order chi connectivity index (χ1) is 9.97. The summed E-state index contributed by atoms with van der Waals surface area (Å²) in [6.07, 6.45) is 0. The predicted molar refractivity (Wildman–Crippen MR) is 82.2 cm³/mol. The highest BCUT2D eigenvalue weighted by molar-refractivity contribution is 9.10. The average molecular weight is 356 g/mol. The van der Waals surface area contributed by atoms with Crippen molar-refractivity contribution in [1.82, 2.24) is 9.97 Å². The third-order valence-corrected chi connectivity index (χ3v) is 3.47. The highest BCUT2D eigenvalue weighted by Crippen LogP contribution is 2.38. The van der Waals surface area contributed by atoms with E-state index >= 15 is 0 Å². The monoisotopic (exact) mass is 355 g/mol. The highest BCUT2D eigenvalue weighted by atomic mass is 79.9. The number of halogens is 2. The summed E-state index contributed by atoms with van der Waals surface area (Å²) >= 11 is 3.24. The van der Waals surface area contributed by atoms with E-state index in [1.54, 1.807) is 19.1 Å². The van der Waals surface area contributed by atoms with Crippen molar-refractivity contribution >= 4 is 21.7 Å². The zero-order valence-corrected chi connectivity index (χ0v) is 13.5. The maximum atomic E-state index is 13.9. The summed E-state index contributed by atoms with van der Waals surface area (Å²) in [6.45, 7) is 3.99. The first-order valence-corrected chi connectivity index (χ1v) is 7.12. The number of aromatic hydroxyl groups is 1. The summed E-state index contributed by atoms with van der Waals surface area (Å²) in [5, 5.41) is 12.7. The van der Waals surface area contributed by atoms with Gasteiger partial charge in [-0.2, -0.15) is 0 Å². The van der Waals surface area contributed by atoms with Crippen LogP contribution in [0.25, 0.3) is 11.4 Å². The van der Waals surface area contributed by atoms with Gasteiger partial charge in [0.25, 0.3) is 0 Å². The molecule has 1 aromatic carbocycles. The molecular formula is C14H15BrFN3O2. The number of phenols is 1. The number of aromatic nitrogens is 2. The Bertz CT molecular complexity index is 680. The van der Waals surface area contributed by atoms with Crippen LogP contribution in [0.5, 0.6) is 11.5 Å². The van der Waals surface area contributed by atoms with Gasteiger partial charge in [0.2, 0.25) is 0 Å². The van der Waals surface area contributed by atoms with Crippen molar-refractivity contribution in [2.45, 2.75) is 13.8 Å². The number of benzene rings is 1. The SMILES string of the molecule is CCNc1nc(-c2cc(Br)c(O)c(OC)c2)nc(C)c1F. The molecular weight excluding hydrogens is 341 g/mol. The molecule has 0 saturated heterocycles. The zero-order valence-electron chi connectivity index (χ0n) is 11.9. The van der Waals surface area contributed by atoms with Crippen molar-refractivity contribution in [1.29, 1.82) is 0 Å². The largest absolute Gasteiger partial charge is 0.503 e. The predicted octanol–water partition coefficient (Wildman–Crippen LogP) is 3.50. The minimum Gasteiger partial charge on any atom is -0.503 e. The molecule has 1 aromatic heterocycles. The number of aryl methyl sites for hydroxylation is 1. The molecule has 7 heteroatoms. The van der Waals surface area contributed by atoms with Gasteiger partial charge in [-0.05, 0) is 41.9 Å². The second-order valence-electron chi connectivity index (χ2n) is 4.33. The molecule has 0 radical (unpaired) electrons. The highest BCUT2D eigenvalue weighted by Gasteiger charge is 2.15. The third kappa shape index (κ3) is 3.07. The first kappa shape index (κ1) is 15.5. The van der Waals surface area contributed by atoms with Crippen molar-refractivity contribution in [2.24, 2.45) is 0 Å². The molecule has 0 amide bonds. The summed E-state index contributed by atoms with van der Waals surface area (Å²) in [5.41, 5.74) is 0.859. The van der Waals surface area contributed by atoms with Gasteiger partial charge in [-0.25, -0.2) is 14.4 Å². The average Bonchev–Trinajstić information content (AvgIpc) is 2.46. The van der Waals surface area contributed by atoms with Crippen LogP contribution in [0.15, 0.2) is 16.6 Å².